The number of hydrogen-bond donors (Lipinski definition) is 1. The standard InChI is InChI=1S/C22H25IN6O3S/c1-22(2,3)32-21(31)27-11-15(12-27)28-10-14(9-24-28)17-8-18(26-20(30)13-4-5-13)25-19-16(17)6-7-29(19)33-23/h6-10,13,15H,4-5,11-12H2,1-3H3,(H,25,26,30). The molecule has 2 fully saturated rings. The molecule has 0 atom stereocenters. The molecule has 1 saturated carbocycles. The summed E-state index contributed by atoms with van der Waals surface area (Å²) in [4.78, 5) is 30.9. The molecule has 3 aromatic rings. The Morgan fingerprint density at radius 1 is 1.27 bits per heavy atom. The van der Waals surface area contributed by atoms with E-state index in [0.717, 1.165) is 35.0 Å². The fraction of sp³-hybridized carbons (Fsp3) is 0.455. The summed E-state index contributed by atoms with van der Waals surface area (Å²) in [5.74, 6) is 0.679. The number of carbonyl (C=O) groups is 2. The number of pyridine rings is 1. The summed E-state index contributed by atoms with van der Waals surface area (Å²) in [6.07, 6.45) is 7.37. The predicted molar refractivity (Wildman–Crippen MR) is 136 cm³/mol. The highest BCUT2D eigenvalue weighted by Crippen LogP contribution is 2.35. The number of halogens is 1. The van der Waals surface area contributed by atoms with Crippen molar-refractivity contribution in [2.45, 2.75) is 45.3 Å². The van der Waals surface area contributed by atoms with Crippen LogP contribution in [0.2, 0.25) is 0 Å². The molecule has 1 aliphatic carbocycles. The van der Waals surface area contributed by atoms with Gasteiger partial charge in [-0.3, -0.25) is 13.4 Å². The summed E-state index contributed by atoms with van der Waals surface area (Å²) in [7, 11) is 1.53. The van der Waals surface area contributed by atoms with E-state index >= 15 is 0 Å². The lowest BCUT2D eigenvalue weighted by Crippen LogP contribution is -2.52. The molecule has 0 spiro atoms. The number of nitrogens with zero attached hydrogens (tertiary/aromatic N) is 5. The SMILES string of the molecule is CC(C)(C)OC(=O)N1CC(n2cc(-c3cc(NC(=O)C4CC4)nc4c3ccn4SI)cn2)C1. The molecule has 5 rings (SSSR count). The molecule has 11 heteroatoms. The number of anilines is 1. The van der Waals surface area contributed by atoms with E-state index in [1.54, 1.807) is 4.90 Å². The maximum Gasteiger partial charge on any atom is 0.410 e. The first kappa shape index (κ1) is 22.5. The van der Waals surface area contributed by atoms with Crippen molar-refractivity contribution in [1.29, 1.82) is 0 Å². The second-order valence-corrected chi connectivity index (χ2v) is 11.2. The van der Waals surface area contributed by atoms with Crippen molar-refractivity contribution in [2.24, 2.45) is 5.92 Å². The number of likely N-dealkylation sites (tertiary alicyclic amines) is 1. The number of nitrogens with one attached hydrogen (secondary N) is 1. The molecule has 2 aliphatic rings. The Labute approximate surface area is 207 Å². The van der Waals surface area contributed by atoms with E-state index < -0.39 is 5.60 Å². The average Bonchev–Trinajstić information content (AvgIpc) is 3.31. The van der Waals surface area contributed by atoms with Crippen molar-refractivity contribution in [2.75, 3.05) is 18.4 Å². The maximum atomic E-state index is 12.3. The van der Waals surface area contributed by atoms with Crippen molar-refractivity contribution in [3.05, 3.63) is 30.7 Å². The molecule has 1 saturated heterocycles. The second-order valence-electron chi connectivity index (χ2n) is 9.51. The zero-order valence-corrected chi connectivity index (χ0v) is 21.6. The normalized spacial score (nSPS) is 16.7. The fourth-order valence-corrected chi connectivity index (χ4v) is 5.06. The zero-order chi connectivity index (χ0) is 23.3. The minimum absolute atomic E-state index is 0.0282. The second kappa shape index (κ2) is 8.49. The van der Waals surface area contributed by atoms with Gasteiger partial charge in [0, 0.05) is 72.7 Å². The quantitative estimate of drug-likeness (QED) is 0.433. The Morgan fingerprint density at radius 2 is 2.03 bits per heavy atom. The van der Waals surface area contributed by atoms with Crippen LogP contribution in [0.25, 0.3) is 22.2 Å². The maximum absolute atomic E-state index is 12.3. The van der Waals surface area contributed by atoms with E-state index in [2.05, 4.69) is 31.6 Å². The van der Waals surface area contributed by atoms with E-state index in [4.69, 9.17) is 9.72 Å². The predicted octanol–water partition coefficient (Wildman–Crippen LogP) is 4.89. The molecule has 2 amide bonds. The third kappa shape index (κ3) is 4.70. The first-order chi connectivity index (χ1) is 15.7. The van der Waals surface area contributed by atoms with Crippen LogP contribution in [0.1, 0.15) is 39.7 Å². The molecule has 174 valence electrons. The molecule has 0 unspecified atom stereocenters. The van der Waals surface area contributed by atoms with E-state index in [1.807, 2.05) is 60.1 Å². The first-order valence-electron chi connectivity index (χ1n) is 10.9. The van der Waals surface area contributed by atoms with Crippen molar-refractivity contribution >= 4 is 59.2 Å². The molecular weight excluding hydrogens is 555 g/mol. The molecule has 4 heterocycles. The summed E-state index contributed by atoms with van der Waals surface area (Å²) in [6, 6.07) is 4.05. The van der Waals surface area contributed by atoms with Gasteiger partial charge in [0.1, 0.15) is 11.4 Å². The number of rotatable bonds is 5. The fourth-order valence-electron chi connectivity index (χ4n) is 3.79. The number of aromatic nitrogens is 4. The highest BCUT2D eigenvalue weighted by Gasteiger charge is 2.35. The van der Waals surface area contributed by atoms with E-state index in [1.165, 1.54) is 9.12 Å². The van der Waals surface area contributed by atoms with Gasteiger partial charge in [-0.15, -0.1) is 0 Å². The Balaban J connectivity index is 1.38. The van der Waals surface area contributed by atoms with Crippen molar-refractivity contribution in [3.63, 3.8) is 0 Å². The van der Waals surface area contributed by atoms with Gasteiger partial charge in [0.25, 0.3) is 0 Å². The van der Waals surface area contributed by atoms with Crippen LogP contribution < -0.4 is 5.32 Å². The molecule has 3 aromatic heterocycles. The third-order valence-electron chi connectivity index (χ3n) is 5.70. The number of fused-ring (bicyclic) bond motifs is 1. The molecule has 0 bridgehead atoms. The van der Waals surface area contributed by atoms with Crippen LogP contribution in [-0.4, -0.2) is 54.3 Å². The van der Waals surface area contributed by atoms with Crippen molar-refractivity contribution in [1.82, 2.24) is 23.6 Å². The number of amides is 2. The van der Waals surface area contributed by atoms with Gasteiger partial charge >= 0.3 is 6.09 Å². The van der Waals surface area contributed by atoms with Gasteiger partial charge in [0.15, 0.2) is 5.65 Å². The van der Waals surface area contributed by atoms with Crippen LogP contribution in [-0.2, 0) is 9.53 Å². The van der Waals surface area contributed by atoms with Crippen LogP contribution in [0.5, 0.6) is 0 Å². The van der Waals surface area contributed by atoms with Crippen LogP contribution in [0.4, 0.5) is 10.6 Å². The van der Waals surface area contributed by atoms with E-state index in [-0.39, 0.29) is 24.0 Å². The zero-order valence-electron chi connectivity index (χ0n) is 18.6. The van der Waals surface area contributed by atoms with Gasteiger partial charge < -0.3 is 15.0 Å². The smallest absolute Gasteiger partial charge is 0.410 e. The number of ether oxygens (including phenoxy) is 1. The molecule has 9 nitrogen and oxygen atoms in total. The largest absolute Gasteiger partial charge is 0.444 e. The Bertz CT molecular complexity index is 1220. The lowest BCUT2D eigenvalue weighted by molar-refractivity contribution is -0.117. The van der Waals surface area contributed by atoms with Crippen molar-refractivity contribution < 1.29 is 14.3 Å². The van der Waals surface area contributed by atoms with Gasteiger partial charge in [0.2, 0.25) is 5.91 Å². The third-order valence-corrected chi connectivity index (χ3v) is 7.41. The van der Waals surface area contributed by atoms with Crippen LogP contribution in [0, 0.1) is 5.92 Å². The molecular formula is C22H25IN6O3S. The molecule has 1 aliphatic heterocycles. The highest BCUT2D eigenvalue weighted by atomic mass is 127. The van der Waals surface area contributed by atoms with Crippen LogP contribution in [0.3, 0.4) is 0 Å². The van der Waals surface area contributed by atoms with Gasteiger partial charge in [-0.1, -0.05) is 0 Å². The van der Waals surface area contributed by atoms with Gasteiger partial charge in [-0.05, 0) is 51.3 Å². The van der Waals surface area contributed by atoms with Gasteiger partial charge in [-0.2, -0.15) is 5.10 Å². The summed E-state index contributed by atoms with van der Waals surface area (Å²) >= 11 is 2.22. The van der Waals surface area contributed by atoms with Gasteiger partial charge in [0.05, 0.1) is 12.2 Å². The van der Waals surface area contributed by atoms with Crippen LogP contribution in [0.15, 0.2) is 30.7 Å². The Morgan fingerprint density at radius 3 is 2.70 bits per heavy atom. The van der Waals surface area contributed by atoms with Crippen molar-refractivity contribution in [3.8, 4) is 11.1 Å². The van der Waals surface area contributed by atoms with Crippen LogP contribution >= 0.6 is 30.3 Å². The Hall–Kier alpha value is -2.28. The van der Waals surface area contributed by atoms with Gasteiger partial charge in [-0.25, -0.2) is 9.78 Å². The van der Waals surface area contributed by atoms with E-state index in [9.17, 15) is 9.59 Å². The molecule has 0 radical (unpaired) electrons. The summed E-state index contributed by atoms with van der Waals surface area (Å²) in [5.41, 5.74) is 2.19. The summed E-state index contributed by atoms with van der Waals surface area (Å²) < 4.78 is 9.31. The molecule has 0 aromatic carbocycles. The monoisotopic (exact) mass is 580 g/mol. The lowest BCUT2D eigenvalue weighted by Gasteiger charge is -2.39. The average molecular weight is 580 g/mol. The number of carbonyl (C=O) groups excluding carboxylic acids is 2. The highest BCUT2D eigenvalue weighted by molar-refractivity contribution is 14.2. The minimum atomic E-state index is -0.507. The Kier molecular flexibility index (Phi) is 5.79. The minimum Gasteiger partial charge on any atom is -0.444 e. The molecule has 33 heavy (non-hydrogen) atoms. The number of hydrogen-bond acceptors (Lipinski definition) is 6. The van der Waals surface area contributed by atoms with E-state index in [0.29, 0.717) is 18.9 Å². The lowest BCUT2D eigenvalue weighted by atomic mass is 10.1. The molecule has 1 N–H and O–H groups in total. The first-order valence-corrected chi connectivity index (χ1v) is 14.2. The topological polar surface area (TPSA) is 94.3 Å². The summed E-state index contributed by atoms with van der Waals surface area (Å²) in [6.45, 7) is 6.71. The summed E-state index contributed by atoms with van der Waals surface area (Å²) in [5, 5.41) is 8.53.